The molecule has 0 fully saturated rings. The third-order valence-electron chi connectivity index (χ3n) is 4.55. The number of rotatable bonds is 8. The molecule has 1 aliphatic heterocycles. The smallest absolute Gasteiger partial charge is 0.311 e. The van der Waals surface area contributed by atoms with E-state index in [9.17, 15) is 18.8 Å². The number of halogens is 1. The predicted octanol–water partition coefficient (Wildman–Crippen LogP) is 3.49. The molecular formula is C21H21FN2O4S. The number of thiophene rings is 1. The Labute approximate surface area is 172 Å². The minimum absolute atomic E-state index is 0.0498. The van der Waals surface area contributed by atoms with Crippen LogP contribution >= 0.6 is 11.3 Å². The molecule has 0 saturated heterocycles. The number of aryl methyl sites for hydroxylation is 1. The van der Waals surface area contributed by atoms with E-state index in [0.717, 1.165) is 21.9 Å². The Morgan fingerprint density at radius 2 is 1.79 bits per heavy atom. The number of benzene rings is 1. The Bertz CT molecular complexity index is 934. The van der Waals surface area contributed by atoms with Crippen molar-refractivity contribution in [3.05, 3.63) is 63.9 Å². The summed E-state index contributed by atoms with van der Waals surface area (Å²) in [5, 5.41) is 1.92. The standard InChI is InChI=1S/C21H21FN2O4S/c1-3-23(4-2)18-19(28-17(25)12-11-16-6-5-13-29-16)21(27)24(20(18)26)15-9-7-14(22)8-10-15/h5-10,13H,3-4,11-12H2,1-2H3. The molecule has 0 N–H and O–H groups in total. The van der Waals surface area contributed by atoms with Gasteiger partial charge in [-0.25, -0.2) is 9.29 Å². The molecule has 8 heteroatoms. The van der Waals surface area contributed by atoms with Gasteiger partial charge in [-0.3, -0.25) is 14.4 Å². The van der Waals surface area contributed by atoms with E-state index in [1.165, 1.54) is 23.5 Å². The maximum Gasteiger partial charge on any atom is 0.311 e. The molecule has 0 atom stereocenters. The quantitative estimate of drug-likeness (QED) is 0.487. The summed E-state index contributed by atoms with van der Waals surface area (Å²) >= 11 is 1.53. The van der Waals surface area contributed by atoms with Crippen molar-refractivity contribution >= 4 is 34.8 Å². The second kappa shape index (κ2) is 9.00. The number of hydrogen-bond acceptors (Lipinski definition) is 6. The van der Waals surface area contributed by atoms with Crippen molar-refractivity contribution in [2.24, 2.45) is 0 Å². The number of likely N-dealkylation sites (N-methyl/N-ethyl adjacent to an activating group) is 1. The summed E-state index contributed by atoms with van der Waals surface area (Å²) in [5.74, 6) is -2.66. The highest BCUT2D eigenvalue weighted by Gasteiger charge is 2.44. The van der Waals surface area contributed by atoms with Crippen molar-refractivity contribution in [1.82, 2.24) is 4.90 Å². The number of carbonyl (C=O) groups is 3. The SMILES string of the molecule is CCN(CC)C1=C(OC(=O)CCc2cccs2)C(=O)N(c2ccc(F)cc2)C1=O. The van der Waals surface area contributed by atoms with E-state index in [0.29, 0.717) is 19.5 Å². The van der Waals surface area contributed by atoms with Gasteiger partial charge in [0.2, 0.25) is 5.76 Å². The van der Waals surface area contributed by atoms with E-state index >= 15 is 0 Å². The number of carbonyl (C=O) groups excluding carboxylic acids is 3. The normalized spacial score (nSPS) is 14.0. The fraction of sp³-hybridized carbons (Fsp3) is 0.286. The second-order valence-electron chi connectivity index (χ2n) is 6.33. The molecule has 0 bridgehead atoms. The van der Waals surface area contributed by atoms with Crippen LogP contribution in [0.2, 0.25) is 0 Å². The zero-order valence-electron chi connectivity index (χ0n) is 16.2. The Morgan fingerprint density at radius 3 is 2.38 bits per heavy atom. The van der Waals surface area contributed by atoms with Gasteiger partial charge >= 0.3 is 11.9 Å². The Balaban J connectivity index is 1.86. The predicted molar refractivity (Wildman–Crippen MR) is 108 cm³/mol. The highest BCUT2D eigenvalue weighted by molar-refractivity contribution is 7.09. The zero-order valence-corrected chi connectivity index (χ0v) is 17.0. The van der Waals surface area contributed by atoms with Crippen LogP contribution in [0.4, 0.5) is 10.1 Å². The molecule has 2 amide bonds. The lowest BCUT2D eigenvalue weighted by atomic mass is 10.2. The van der Waals surface area contributed by atoms with Gasteiger partial charge in [0.15, 0.2) is 5.70 Å². The number of ether oxygens (including phenoxy) is 1. The lowest BCUT2D eigenvalue weighted by Crippen LogP contribution is -2.35. The average Bonchev–Trinajstić information content (AvgIpc) is 3.31. The number of esters is 1. The van der Waals surface area contributed by atoms with Crippen LogP contribution in [0.5, 0.6) is 0 Å². The highest BCUT2D eigenvalue weighted by atomic mass is 32.1. The van der Waals surface area contributed by atoms with E-state index in [2.05, 4.69) is 0 Å². The minimum atomic E-state index is -0.729. The van der Waals surface area contributed by atoms with Crippen LogP contribution in [-0.4, -0.2) is 35.8 Å². The van der Waals surface area contributed by atoms with E-state index in [1.54, 1.807) is 4.90 Å². The van der Waals surface area contributed by atoms with Gasteiger partial charge in [-0.2, -0.15) is 0 Å². The van der Waals surface area contributed by atoms with Crippen LogP contribution in [0.25, 0.3) is 0 Å². The number of nitrogens with zero attached hydrogens (tertiary/aromatic N) is 2. The van der Waals surface area contributed by atoms with Crippen LogP contribution in [0.1, 0.15) is 25.1 Å². The summed E-state index contributed by atoms with van der Waals surface area (Å²) in [6, 6.07) is 8.82. The maximum absolute atomic E-state index is 13.3. The largest absolute Gasteiger partial charge is 0.418 e. The van der Waals surface area contributed by atoms with E-state index in [-0.39, 0.29) is 23.6 Å². The van der Waals surface area contributed by atoms with Gasteiger partial charge in [-0.05, 0) is 56.0 Å². The Hall–Kier alpha value is -3.00. The van der Waals surface area contributed by atoms with E-state index < -0.39 is 23.6 Å². The second-order valence-corrected chi connectivity index (χ2v) is 7.36. The number of imide groups is 1. The van der Waals surface area contributed by atoms with Gasteiger partial charge in [0.05, 0.1) is 12.1 Å². The van der Waals surface area contributed by atoms with Gasteiger partial charge < -0.3 is 9.64 Å². The summed E-state index contributed by atoms with van der Waals surface area (Å²) in [5.41, 5.74) is 0.268. The molecule has 0 unspecified atom stereocenters. The van der Waals surface area contributed by atoms with Gasteiger partial charge in [0, 0.05) is 18.0 Å². The van der Waals surface area contributed by atoms with Crippen molar-refractivity contribution in [1.29, 1.82) is 0 Å². The fourth-order valence-corrected chi connectivity index (χ4v) is 3.79. The monoisotopic (exact) mass is 416 g/mol. The summed E-state index contributed by atoms with van der Waals surface area (Å²) in [6.45, 7) is 4.59. The molecule has 1 aliphatic rings. The third kappa shape index (κ3) is 4.37. The first-order valence-electron chi connectivity index (χ1n) is 9.32. The number of anilines is 1. The molecule has 0 aliphatic carbocycles. The van der Waals surface area contributed by atoms with Crippen LogP contribution in [0, 0.1) is 5.82 Å². The number of hydrogen-bond donors (Lipinski definition) is 0. The van der Waals surface area contributed by atoms with Crippen LogP contribution < -0.4 is 4.90 Å². The molecule has 0 saturated carbocycles. The molecule has 152 valence electrons. The topological polar surface area (TPSA) is 66.9 Å². The van der Waals surface area contributed by atoms with Gasteiger partial charge in [0.1, 0.15) is 5.82 Å². The van der Waals surface area contributed by atoms with Gasteiger partial charge in [0.25, 0.3) is 5.91 Å². The molecular weight excluding hydrogens is 395 g/mol. The van der Waals surface area contributed by atoms with Crippen molar-refractivity contribution in [3.8, 4) is 0 Å². The number of amides is 2. The van der Waals surface area contributed by atoms with Crippen molar-refractivity contribution in [3.63, 3.8) is 0 Å². The zero-order chi connectivity index (χ0) is 21.0. The third-order valence-corrected chi connectivity index (χ3v) is 5.49. The molecule has 0 spiro atoms. The molecule has 29 heavy (non-hydrogen) atoms. The molecule has 1 aromatic heterocycles. The van der Waals surface area contributed by atoms with E-state index in [4.69, 9.17) is 4.74 Å². The van der Waals surface area contributed by atoms with Crippen molar-refractivity contribution in [2.45, 2.75) is 26.7 Å². The van der Waals surface area contributed by atoms with Crippen molar-refractivity contribution < 1.29 is 23.5 Å². The lowest BCUT2D eigenvalue weighted by molar-refractivity contribution is -0.142. The summed E-state index contributed by atoms with van der Waals surface area (Å²) in [7, 11) is 0. The molecule has 3 rings (SSSR count). The summed E-state index contributed by atoms with van der Waals surface area (Å²) in [4.78, 5) is 42.0. The first-order valence-corrected chi connectivity index (χ1v) is 10.2. The Kier molecular flexibility index (Phi) is 6.43. The van der Waals surface area contributed by atoms with Gasteiger partial charge in [-0.15, -0.1) is 11.3 Å². The van der Waals surface area contributed by atoms with Crippen LogP contribution in [0.15, 0.2) is 53.2 Å². The fourth-order valence-electron chi connectivity index (χ4n) is 3.08. The lowest BCUT2D eigenvalue weighted by Gasteiger charge is -2.22. The Morgan fingerprint density at radius 1 is 1.10 bits per heavy atom. The highest BCUT2D eigenvalue weighted by Crippen LogP contribution is 2.30. The first kappa shape index (κ1) is 20.7. The maximum atomic E-state index is 13.3. The van der Waals surface area contributed by atoms with Crippen molar-refractivity contribution in [2.75, 3.05) is 18.0 Å². The molecule has 0 radical (unpaired) electrons. The van der Waals surface area contributed by atoms with Crippen LogP contribution in [0.3, 0.4) is 0 Å². The molecule has 6 nitrogen and oxygen atoms in total. The van der Waals surface area contributed by atoms with Crippen LogP contribution in [-0.2, 0) is 25.5 Å². The average molecular weight is 416 g/mol. The first-order chi connectivity index (χ1) is 14.0. The molecule has 2 heterocycles. The molecule has 2 aromatic rings. The summed E-state index contributed by atoms with van der Waals surface area (Å²) < 4.78 is 18.6. The van der Waals surface area contributed by atoms with Gasteiger partial charge in [-0.1, -0.05) is 6.07 Å². The minimum Gasteiger partial charge on any atom is -0.418 e. The van der Waals surface area contributed by atoms with E-state index in [1.807, 2.05) is 31.4 Å². The molecule has 1 aromatic carbocycles. The summed E-state index contributed by atoms with van der Waals surface area (Å²) in [6.07, 6.45) is 0.585.